The molecule has 2 heterocycles. The summed E-state index contributed by atoms with van der Waals surface area (Å²) < 4.78 is 1.80. The molecule has 2 aliphatic rings. The molecule has 1 saturated heterocycles. The Hall–Kier alpha value is -1.36. The van der Waals surface area contributed by atoms with E-state index in [1.165, 1.54) is 0 Å². The summed E-state index contributed by atoms with van der Waals surface area (Å²) in [5.41, 5.74) is 0.0249. The summed E-state index contributed by atoms with van der Waals surface area (Å²) in [7, 11) is 0. The zero-order valence-corrected chi connectivity index (χ0v) is 9.15. The van der Waals surface area contributed by atoms with Crippen molar-refractivity contribution in [3.63, 3.8) is 0 Å². The summed E-state index contributed by atoms with van der Waals surface area (Å²) in [5, 5.41) is 6.49. The molecule has 86 valence electrons. The Kier molecular flexibility index (Phi) is 2.40. The van der Waals surface area contributed by atoms with Gasteiger partial charge >= 0.3 is 0 Å². The van der Waals surface area contributed by atoms with Gasteiger partial charge in [0.2, 0.25) is 0 Å². The summed E-state index contributed by atoms with van der Waals surface area (Å²) >= 11 is 0. The Balaban J connectivity index is 1.82. The average molecular weight is 220 g/mol. The van der Waals surface area contributed by atoms with Gasteiger partial charge in [-0.15, -0.1) is 0 Å². The minimum Gasteiger partial charge on any atom is -0.361 e. The molecule has 1 aromatic rings. The van der Waals surface area contributed by atoms with E-state index >= 15 is 0 Å². The first-order valence-corrected chi connectivity index (χ1v) is 5.89. The quantitative estimate of drug-likeness (QED) is 0.772. The summed E-state index contributed by atoms with van der Waals surface area (Å²) in [6.45, 7) is 1.93. The molecular formula is C11H16N4O. The van der Waals surface area contributed by atoms with Crippen LogP contribution in [0.4, 0.5) is 5.82 Å². The molecule has 5 heteroatoms. The molecule has 0 spiro atoms. The Morgan fingerprint density at radius 3 is 3.00 bits per heavy atom. The Morgan fingerprint density at radius 2 is 2.31 bits per heavy atom. The van der Waals surface area contributed by atoms with E-state index in [2.05, 4.69) is 15.6 Å². The van der Waals surface area contributed by atoms with Crippen molar-refractivity contribution >= 4 is 5.82 Å². The lowest BCUT2D eigenvalue weighted by molar-refractivity contribution is 0.692. The van der Waals surface area contributed by atoms with Crippen molar-refractivity contribution in [1.82, 2.24) is 14.9 Å². The number of nitrogens with zero attached hydrogens (tertiary/aromatic N) is 2. The van der Waals surface area contributed by atoms with Gasteiger partial charge in [-0.2, -0.15) is 0 Å². The zero-order valence-electron chi connectivity index (χ0n) is 9.15. The highest BCUT2D eigenvalue weighted by atomic mass is 16.1. The van der Waals surface area contributed by atoms with E-state index in [1.807, 2.05) is 0 Å². The zero-order chi connectivity index (χ0) is 11.0. The first kappa shape index (κ1) is 9.84. The van der Waals surface area contributed by atoms with E-state index < -0.39 is 0 Å². The Labute approximate surface area is 93.9 Å². The third-order valence-electron chi connectivity index (χ3n) is 3.21. The molecule has 2 N–H and O–H groups in total. The second-order valence-corrected chi connectivity index (χ2v) is 4.55. The molecule has 0 bridgehead atoms. The van der Waals surface area contributed by atoms with Crippen LogP contribution in [-0.2, 0) is 0 Å². The maximum absolute atomic E-state index is 12.1. The maximum Gasteiger partial charge on any atom is 0.293 e. The van der Waals surface area contributed by atoms with E-state index in [0.717, 1.165) is 32.4 Å². The highest BCUT2D eigenvalue weighted by Crippen LogP contribution is 2.33. The first-order valence-electron chi connectivity index (χ1n) is 5.89. The van der Waals surface area contributed by atoms with Gasteiger partial charge in [0.1, 0.15) is 0 Å². The van der Waals surface area contributed by atoms with Crippen molar-refractivity contribution in [3.8, 4) is 0 Å². The van der Waals surface area contributed by atoms with Crippen LogP contribution in [0.2, 0.25) is 0 Å². The van der Waals surface area contributed by atoms with Crippen LogP contribution in [-0.4, -0.2) is 28.7 Å². The minimum atomic E-state index is 0.0249. The number of nitrogens with one attached hydrogen (secondary N) is 2. The normalized spacial score (nSPS) is 24.6. The SMILES string of the molecule is O=c1c(NC2CCNC2)nccn1C1CC1. The van der Waals surface area contributed by atoms with E-state index in [0.29, 0.717) is 17.9 Å². The van der Waals surface area contributed by atoms with Crippen molar-refractivity contribution in [2.45, 2.75) is 31.3 Å². The summed E-state index contributed by atoms with van der Waals surface area (Å²) in [4.78, 5) is 16.2. The van der Waals surface area contributed by atoms with E-state index in [9.17, 15) is 4.79 Å². The number of rotatable bonds is 3. The van der Waals surface area contributed by atoms with Gasteiger partial charge < -0.3 is 15.2 Å². The van der Waals surface area contributed by atoms with Crippen molar-refractivity contribution in [3.05, 3.63) is 22.7 Å². The second-order valence-electron chi connectivity index (χ2n) is 4.55. The van der Waals surface area contributed by atoms with Gasteiger partial charge in [-0.1, -0.05) is 0 Å². The lowest BCUT2D eigenvalue weighted by Gasteiger charge is -2.12. The number of aromatic nitrogens is 2. The third-order valence-corrected chi connectivity index (χ3v) is 3.21. The topological polar surface area (TPSA) is 59.0 Å². The van der Waals surface area contributed by atoms with Gasteiger partial charge in [0, 0.05) is 31.0 Å². The molecular weight excluding hydrogens is 204 g/mol. The molecule has 3 rings (SSSR count). The number of hydrogen-bond donors (Lipinski definition) is 2. The van der Waals surface area contributed by atoms with Crippen LogP contribution in [0.3, 0.4) is 0 Å². The van der Waals surface area contributed by atoms with Crippen LogP contribution in [0.25, 0.3) is 0 Å². The molecule has 1 aromatic heterocycles. The molecule has 1 unspecified atom stereocenters. The van der Waals surface area contributed by atoms with Gasteiger partial charge in [-0.05, 0) is 25.8 Å². The van der Waals surface area contributed by atoms with Crippen molar-refractivity contribution in [2.24, 2.45) is 0 Å². The summed E-state index contributed by atoms with van der Waals surface area (Å²) in [6, 6.07) is 0.757. The molecule has 1 atom stereocenters. The highest BCUT2D eigenvalue weighted by molar-refractivity contribution is 5.33. The van der Waals surface area contributed by atoms with Gasteiger partial charge in [0.25, 0.3) is 5.56 Å². The molecule has 2 fully saturated rings. The van der Waals surface area contributed by atoms with Crippen LogP contribution in [0.15, 0.2) is 17.2 Å². The lowest BCUT2D eigenvalue weighted by Crippen LogP contribution is -2.30. The van der Waals surface area contributed by atoms with Crippen LogP contribution >= 0.6 is 0 Å². The van der Waals surface area contributed by atoms with Crippen LogP contribution in [0.1, 0.15) is 25.3 Å². The predicted octanol–water partition coefficient (Wildman–Crippen LogP) is 0.352. The van der Waals surface area contributed by atoms with Crippen LogP contribution in [0, 0.1) is 0 Å². The second kappa shape index (κ2) is 3.90. The maximum atomic E-state index is 12.1. The third kappa shape index (κ3) is 1.82. The van der Waals surface area contributed by atoms with Crippen LogP contribution < -0.4 is 16.2 Å². The molecule has 0 aromatic carbocycles. The van der Waals surface area contributed by atoms with Gasteiger partial charge in [0.05, 0.1) is 0 Å². The number of hydrogen-bond acceptors (Lipinski definition) is 4. The fourth-order valence-electron chi connectivity index (χ4n) is 2.14. The van der Waals surface area contributed by atoms with Gasteiger partial charge in [-0.3, -0.25) is 4.79 Å². The van der Waals surface area contributed by atoms with E-state index in [1.54, 1.807) is 17.0 Å². The first-order chi connectivity index (χ1) is 7.84. The molecule has 1 aliphatic carbocycles. The van der Waals surface area contributed by atoms with E-state index in [-0.39, 0.29) is 5.56 Å². The minimum absolute atomic E-state index is 0.0249. The predicted molar refractivity (Wildman–Crippen MR) is 61.7 cm³/mol. The van der Waals surface area contributed by atoms with Gasteiger partial charge in [-0.25, -0.2) is 4.98 Å². The fraction of sp³-hybridized carbons (Fsp3) is 0.636. The highest BCUT2D eigenvalue weighted by Gasteiger charge is 2.25. The molecule has 5 nitrogen and oxygen atoms in total. The fourth-order valence-corrected chi connectivity index (χ4v) is 2.14. The molecule has 1 aliphatic heterocycles. The number of anilines is 1. The van der Waals surface area contributed by atoms with Gasteiger partial charge in [0.15, 0.2) is 5.82 Å². The Bertz CT molecular complexity index is 432. The Morgan fingerprint density at radius 1 is 1.44 bits per heavy atom. The lowest BCUT2D eigenvalue weighted by atomic mass is 10.2. The molecule has 0 amide bonds. The summed E-state index contributed by atoms with van der Waals surface area (Å²) in [5.74, 6) is 0.503. The standard InChI is InChI=1S/C11H16N4O/c16-11-10(14-8-3-4-12-7-8)13-5-6-15(11)9-1-2-9/h5-6,8-9,12H,1-4,7H2,(H,13,14). The monoisotopic (exact) mass is 220 g/mol. The molecule has 1 saturated carbocycles. The van der Waals surface area contributed by atoms with Crippen molar-refractivity contribution < 1.29 is 0 Å². The largest absolute Gasteiger partial charge is 0.361 e. The van der Waals surface area contributed by atoms with Crippen molar-refractivity contribution in [1.29, 1.82) is 0 Å². The summed E-state index contributed by atoms with van der Waals surface area (Å²) in [6.07, 6.45) is 6.80. The van der Waals surface area contributed by atoms with E-state index in [4.69, 9.17) is 0 Å². The molecule has 0 radical (unpaired) electrons. The van der Waals surface area contributed by atoms with Crippen molar-refractivity contribution in [2.75, 3.05) is 18.4 Å². The molecule has 16 heavy (non-hydrogen) atoms. The van der Waals surface area contributed by atoms with Crippen LogP contribution in [0.5, 0.6) is 0 Å². The smallest absolute Gasteiger partial charge is 0.293 e. The average Bonchev–Trinajstić information content (AvgIpc) is 3.00.